The highest BCUT2D eigenvalue weighted by Gasteiger charge is 2.29. The molecule has 2 amide bonds. The lowest BCUT2D eigenvalue weighted by Gasteiger charge is -2.17. The van der Waals surface area contributed by atoms with Crippen LogP contribution in [0.4, 0.5) is 5.69 Å². The average molecular weight is 437 g/mol. The van der Waals surface area contributed by atoms with Crippen molar-refractivity contribution >= 4 is 28.4 Å². The molecule has 33 heavy (non-hydrogen) atoms. The Morgan fingerprint density at radius 2 is 1.70 bits per heavy atom. The van der Waals surface area contributed by atoms with E-state index in [1.807, 2.05) is 73.7 Å². The van der Waals surface area contributed by atoms with Crippen molar-refractivity contribution in [2.24, 2.45) is 5.92 Å². The molecule has 2 heterocycles. The maximum Gasteiger partial charge on any atom is 0.252 e. The normalized spacial score (nSPS) is 14.0. The van der Waals surface area contributed by atoms with Gasteiger partial charge in [-0.05, 0) is 61.7 Å². The van der Waals surface area contributed by atoms with E-state index in [0.717, 1.165) is 46.3 Å². The Hall–Kier alpha value is -4.06. The number of carbonyl (C=O) groups is 2. The van der Waals surface area contributed by atoms with E-state index in [4.69, 9.17) is 4.98 Å². The van der Waals surface area contributed by atoms with Gasteiger partial charge in [-0.2, -0.15) is 0 Å². The largest absolute Gasteiger partial charge is 0.345 e. The first-order chi connectivity index (χ1) is 16.1. The second-order valence-electron chi connectivity index (χ2n) is 8.39. The van der Waals surface area contributed by atoms with Crippen LogP contribution in [0.1, 0.15) is 41.7 Å². The predicted octanol–water partition coefficient (Wildman–Crippen LogP) is 5.14. The zero-order chi connectivity index (χ0) is 22.8. The zero-order valence-electron chi connectivity index (χ0n) is 18.3. The van der Waals surface area contributed by atoms with E-state index >= 15 is 0 Å². The number of hydrogen-bond acceptors (Lipinski definition) is 4. The minimum Gasteiger partial charge on any atom is -0.345 e. The van der Waals surface area contributed by atoms with Gasteiger partial charge in [0.25, 0.3) is 5.91 Å². The van der Waals surface area contributed by atoms with Gasteiger partial charge >= 0.3 is 0 Å². The molecule has 2 aromatic carbocycles. The average Bonchev–Trinajstić information content (AvgIpc) is 3.70. The van der Waals surface area contributed by atoms with Crippen molar-refractivity contribution in [3.63, 3.8) is 0 Å². The molecule has 0 bridgehead atoms. The van der Waals surface area contributed by atoms with Gasteiger partial charge in [-0.25, -0.2) is 4.98 Å². The lowest BCUT2D eigenvalue weighted by atomic mass is 10.0. The van der Waals surface area contributed by atoms with Gasteiger partial charge in [-0.15, -0.1) is 0 Å². The van der Waals surface area contributed by atoms with E-state index in [2.05, 4.69) is 15.6 Å². The van der Waals surface area contributed by atoms with Gasteiger partial charge in [0.05, 0.1) is 22.8 Å². The van der Waals surface area contributed by atoms with E-state index in [-0.39, 0.29) is 23.8 Å². The predicted molar refractivity (Wildman–Crippen MR) is 129 cm³/mol. The molecule has 6 heteroatoms. The van der Waals surface area contributed by atoms with Crippen LogP contribution in [0.15, 0.2) is 79.1 Å². The Labute approximate surface area is 192 Å². The summed E-state index contributed by atoms with van der Waals surface area (Å²) in [6.45, 7) is 1.95. The Morgan fingerprint density at radius 3 is 2.42 bits per heavy atom. The number of nitrogens with zero attached hydrogens (tertiary/aromatic N) is 2. The molecule has 1 aliphatic rings. The second kappa shape index (κ2) is 8.82. The molecule has 1 saturated carbocycles. The summed E-state index contributed by atoms with van der Waals surface area (Å²) in [4.78, 5) is 34.1. The monoisotopic (exact) mass is 436 g/mol. The van der Waals surface area contributed by atoms with Gasteiger partial charge in [0.1, 0.15) is 0 Å². The Bertz CT molecular complexity index is 1320. The number of pyridine rings is 2. The van der Waals surface area contributed by atoms with Gasteiger partial charge in [0.15, 0.2) is 0 Å². The van der Waals surface area contributed by atoms with Crippen LogP contribution in [0.5, 0.6) is 0 Å². The molecule has 164 valence electrons. The van der Waals surface area contributed by atoms with Gasteiger partial charge < -0.3 is 10.6 Å². The van der Waals surface area contributed by atoms with Crippen LogP contribution in [-0.4, -0.2) is 21.8 Å². The molecule has 1 atom stereocenters. The molecule has 1 aliphatic carbocycles. The third kappa shape index (κ3) is 4.60. The first-order valence-electron chi connectivity index (χ1n) is 11.1. The lowest BCUT2D eigenvalue weighted by Crippen LogP contribution is -2.27. The Balaban J connectivity index is 1.37. The van der Waals surface area contributed by atoms with Crippen LogP contribution in [0, 0.1) is 5.92 Å². The fraction of sp³-hybridized carbons (Fsp3) is 0.185. The number of amides is 2. The van der Waals surface area contributed by atoms with Gasteiger partial charge in [0, 0.05) is 34.9 Å². The highest BCUT2D eigenvalue weighted by molar-refractivity contribution is 6.07. The molecule has 5 rings (SSSR count). The number of aromatic nitrogens is 2. The molecule has 0 saturated heterocycles. The number of rotatable bonds is 6. The summed E-state index contributed by atoms with van der Waals surface area (Å²) in [6.07, 6.45) is 5.37. The molecule has 4 aromatic rings. The van der Waals surface area contributed by atoms with E-state index in [0.29, 0.717) is 5.56 Å². The zero-order valence-corrected chi connectivity index (χ0v) is 18.3. The summed E-state index contributed by atoms with van der Waals surface area (Å²) in [5.41, 5.74) is 4.70. The summed E-state index contributed by atoms with van der Waals surface area (Å²) in [5.74, 6) is 0.0799. The van der Waals surface area contributed by atoms with Gasteiger partial charge in [-0.1, -0.05) is 30.3 Å². The van der Waals surface area contributed by atoms with Crippen molar-refractivity contribution in [2.75, 3.05) is 5.32 Å². The molecule has 2 N–H and O–H groups in total. The highest BCUT2D eigenvalue weighted by Crippen LogP contribution is 2.30. The standard InChI is InChI=1S/C27H24N4O2/c1-17(18-8-10-21(11-9-18)30-26(32)20-6-7-20)29-27(33)23-16-25(19-12-14-28-15-13-19)31-24-5-3-2-4-22(23)24/h2-5,8-17,20H,6-7H2,1H3,(H,29,33)(H,30,32). The van der Waals surface area contributed by atoms with E-state index in [1.54, 1.807) is 12.4 Å². The fourth-order valence-electron chi connectivity index (χ4n) is 3.84. The van der Waals surface area contributed by atoms with Crippen molar-refractivity contribution in [3.8, 4) is 11.3 Å². The highest BCUT2D eigenvalue weighted by atomic mass is 16.2. The second-order valence-corrected chi connectivity index (χ2v) is 8.39. The quantitative estimate of drug-likeness (QED) is 0.439. The lowest BCUT2D eigenvalue weighted by molar-refractivity contribution is -0.117. The molecular weight excluding hydrogens is 412 g/mol. The molecular formula is C27H24N4O2. The van der Waals surface area contributed by atoms with Crippen LogP contribution in [0.3, 0.4) is 0 Å². The number of carbonyl (C=O) groups excluding carboxylic acids is 2. The third-order valence-electron chi connectivity index (χ3n) is 5.91. The van der Waals surface area contributed by atoms with Crippen molar-refractivity contribution in [2.45, 2.75) is 25.8 Å². The summed E-state index contributed by atoms with van der Waals surface area (Å²) in [6, 6.07) is 20.6. The summed E-state index contributed by atoms with van der Waals surface area (Å²) in [7, 11) is 0. The van der Waals surface area contributed by atoms with Gasteiger partial charge in [0.2, 0.25) is 5.91 Å². The number of para-hydroxylation sites is 1. The van der Waals surface area contributed by atoms with Crippen molar-refractivity contribution in [1.82, 2.24) is 15.3 Å². The Morgan fingerprint density at radius 1 is 0.970 bits per heavy atom. The van der Waals surface area contributed by atoms with Crippen molar-refractivity contribution in [3.05, 3.63) is 90.3 Å². The SMILES string of the molecule is CC(NC(=O)c1cc(-c2ccncc2)nc2ccccc12)c1ccc(NC(=O)C2CC2)cc1. The van der Waals surface area contributed by atoms with Crippen molar-refractivity contribution in [1.29, 1.82) is 0 Å². The molecule has 2 aromatic heterocycles. The van der Waals surface area contributed by atoms with Gasteiger partial charge in [-0.3, -0.25) is 14.6 Å². The van der Waals surface area contributed by atoms with E-state index in [9.17, 15) is 9.59 Å². The molecule has 0 spiro atoms. The number of nitrogens with one attached hydrogen (secondary N) is 2. The minimum absolute atomic E-state index is 0.0821. The van der Waals surface area contributed by atoms with Crippen LogP contribution in [0.2, 0.25) is 0 Å². The minimum atomic E-state index is -0.206. The Kier molecular flexibility index (Phi) is 5.57. The number of benzene rings is 2. The van der Waals surface area contributed by atoms with Crippen LogP contribution in [0.25, 0.3) is 22.2 Å². The first kappa shape index (κ1) is 20.8. The van der Waals surface area contributed by atoms with Crippen LogP contribution < -0.4 is 10.6 Å². The van der Waals surface area contributed by atoms with Crippen LogP contribution >= 0.6 is 0 Å². The number of anilines is 1. The summed E-state index contributed by atoms with van der Waals surface area (Å²) >= 11 is 0. The van der Waals surface area contributed by atoms with Crippen LogP contribution in [-0.2, 0) is 4.79 Å². The first-order valence-corrected chi connectivity index (χ1v) is 11.1. The molecule has 6 nitrogen and oxygen atoms in total. The third-order valence-corrected chi connectivity index (χ3v) is 5.91. The maximum atomic E-state index is 13.3. The molecule has 0 aliphatic heterocycles. The van der Waals surface area contributed by atoms with E-state index < -0.39 is 0 Å². The number of hydrogen-bond donors (Lipinski definition) is 2. The number of fused-ring (bicyclic) bond motifs is 1. The van der Waals surface area contributed by atoms with Crippen molar-refractivity contribution < 1.29 is 9.59 Å². The molecule has 1 fully saturated rings. The molecule has 1 unspecified atom stereocenters. The van der Waals surface area contributed by atoms with E-state index in [1.165, 1.54) is 0 Å². The molecule has 0 radical (unpaired) electrons. The fourth-order valence-corrected chi connectivity index (χ4v) is 3.84. The summed E-state index contributed by atoms with van der Waals surface area (Å²) in [5, 5.41) is 6.85. The summed E-state index contributed by atoms with van der Waals surface area (Å²) < 4.78 is 0. The smallest absolute Gasteiger partial charge is 0.252 e. The topological polar surface area (TPSA) is 84.0 Å². The maximum absolute atomic E-state index is 13.3.